The van der Waals surface area contributed by atoms with E-state index in [1.54, 1.807) is 66.7 Å². The molecule has 0 fully saturated rings. The Morgan fingerprint density at radius 2 is 1.84 bits per heavy atom. The Kier molecular flexibility index (Phi) is 8.21. The van der Waals surface area contributed by atoms with Crippen LogP contribution in [0.5, 0.6) is 11.5 Å². The van der Waals surface area contributed by atoms with Crippen LogP contribution in [0.2, 0.25) is 5.02 Å². The van der Waals surface area contributed by atoms with Gasteiger partial charge >= 0.3 is 0 Å². The summed E-state index contributed by atoms with van der Waals surface area (Å²) in [6.07, 6.45) is 1.50. The highest BCUT2D eigenvalue weighted by atomic mass is 79.9. The predicted octanol–water partition coefficient (Wildman–Crippen LogP) is 8.37. The summed E-state index contributed by atoms with van der Waals surface area (Å²) in [5.74, 6) is 1.35. The molecule has 10 nitrogen and oxygen atoms in total. The number of halogens is 3. The van der Waals surface area contributed by atoms with Crippen molar-refractivity contribution in [2.75, 3.05) is 7.11 Å². The molecule has 0 bridgehead atoms. The first kappa shape index (κ1) is 29.5. The normalized spacial score (nSPS) is 11.5. The Bertz CT molecular complexity index is 2160. The molecule has 0 unspecified atom stereocenters. The molecule has 0 aliphatic rings. The van der Waals surface area contributed by atoms with Crippen molar-refractivity contribution in [3.8, 4) is 23.1 Å². The SMILES string of the molecule is COc1cc(C=Nn2c(-c3cc4cc(Cl)ccc4o3)nc3ccccc3c2=O)c(Br)c(Br)c1OCc1ccc([N+](=O)[O-])cc1. The Hall–Kier alpha value is -4.52. The molecule has 0 radical (unpaired) electrons. The maximum Gasteiger partial charge on any atom is 0.282 e. The Morgan fingerprint density at radius 3 is 2.59 bits per heavy atom. The number of methoxy groups -OCH3 is 1. The highest BCUT2D eigenvalue weighted by Gasteiger charge is 2.19. The number of nitro groups is 1. The third-order valence-electron chi connectivity index (χ3n) is 6.67. The van der Waals surface area contributed by atoms with Gasteiger partial charge in [-0.25, -0.2) is 4.98 Å². The highest BCUT2D eigenvalue weighted by Crippen LogP contribution is 2.42. The number of fused-ring (bicyclic) bond motifs is 2. The number of furan rings is 1. The van der Waals surface area contributed by atoms with Crippen molar-refractivity contribution in [1.29, 1.82) is 0 Å². The standard InChI is InChI=1S/C31H19Br2ClN4O6/c1-42-25-14-19(27(32)28(33)29(25)43-16-17-6-9-21(10-7-17)38(40)41)15-35-37-30(36-23-5-3-2-4-22(23)31(37)39)26-13-18-12-20(34)8-11-24(18)44-26/h2-15H,16H2,1H3. The van der Waals surface area contributed by atoms with Gasteiger partial charge in [0.2, 0.25) is 5.82 Å². The minimum absolute atomic E-state index is 0.00695. The molecule has 6 aromatic rings. The Labute approximate surface area is 270 Å². The first-order valence-corrected chi connectivity index (χ1v) is 14.9. The van der Waals surface area contributed by atoms with Crippen molar-refractivity contribution < 1.29 is 18.8 Å². The van der Waals surface area contributed by atoms with Crippen LogP contribution in [0.1, 0.15) is 11.1 Å². The van der Waals surface area contributed by atoms with Gasteiger partial charge < -0.3 is 13.9 Å². The van der Waals surface area contributed by atoms with E-state index in [-0.39, 0.29) is 23.7 Å². The number of hydrogen-bond acceptors (Lipinski definition) is 8. The van der Waals surface area contributed by atoms with Crippen molar-refractivity contribution >= 4 is 77.2 Å². The summed E-state index contributed by atoms with van der Waals surface area (Å²) in [5.41, 5.74) is 1.99. The molecule has 2 aromatic heterocycles. The van der Waals surface area contributed by atoms with Gasteiger partial charge in [-0.2, -0.15) is 9.78 Å². The lowest BCUT2D eigenvalue weighted by Crippen LogP contribution is -2.20. The molecule has 0 spiro atoms. The summed E-state index contributed by atoms with van der Waals surface area (Å²) in [6.45, 7) is 0.136. The maximum absolute atomic E-state index is 13.7. The fraction of sp³-hybridized carbons (Fsp3) is 0.0645. The molecule has 4 aromatic carbocycles. The lowest BCUT2D eigenvalue weighted by Gasteiger charge is -2.15. The summed E-state index contributed by atoms with van der Waals surface area (Å²) in [7, 11) is 1.50. The zero-order valence-corrected chi connectivity index (χ0v) is 26.6. The minimum Gasteiger partial charge on any atom is -0.493 e. The van der Waals surface area contributed by atoms with Crippen LogP contribution in [0.4, 0.5) is 5.69 Å². The predicted molar refractivity (Wildman–Crippen MR) is 175 cm³/mol. The van der Waals surface area contributed by atoms with E-state index in [0.717, 1.165) is 10.9 Å². The summed E-state index contributed by atoms with van der Waals surface area (Å²) >= 11 is 13.3. The lowest BCUT2D eigenvalue weighted by atomic mass is 10.2. The van der Waals surface area contributed by atoms with Crippen molar-refractivity contribution in [2.45, 2.75) is 6.61 Å². The van der Waals surface area contributed by atoms with Crippen molar-refractivity contribution in [2.24, 2.45) is 5.10 Å². The number of hydrogen-bond donors (Lipinski definition) is 0. The van der Waals surface area contributed by atoms with E-state index in [9.17, 15) is 14.9 Å². The van der Waals surface area contributed by atoms with E-state index in [1.165, 1.54) is 30.1 Å². The van der Waals surface area contributed by atoms with Crippen molar-refractivity contribution in [3.63, 3.8) is 0 Å². The number of para-hydroxylation sites is 1. The quantitative estimate of drug-likeness (QED) is 0.0874. The molecule has 0 atom stereocenters. The molecule has 0 aliphatic carbocycles. The number of non-ortho nitro benzene ring substituents is 1. The lowest BCUT2D eigenvalue weighted by molar-refractivity contribution is -0.384. The first-order valence-electron chi connectivity index (χ1n) is 12.9. The van der Waals surface area contributed by atoms with Crippen LogP contribution < -0.4 is 15.0 Å². The molecule has 0 amide bonds. The molecule has 0 aliphatic heterocycles. The largest absolute Gasteiger partial charge is 0.493 e. The third kappa shape index (κ3) is 5.71. The van der Waals surface area contributed by atoms with Crippen LogP contribution in [-0.2, 0) is 6.61 Å². The van der Waals surface area contributed by atoms with Gasteiger partial charge in [-0.3, -0.25) is 14.9 Å². The fourth-order valence-electron chi connectivity index (χ4n) is 4.49. The Morgan fingerprint density at radius 1 is 1.07 bits per heavy atom. The minimum atomic E-state index is -0.459. The molecule has 6 rings (SSSR count). The maximum atomic E-state index is 13.7. The van der Waals surface area contributed by atoms with E-state index in [1.807, 2.05) is 0 Å². The van der Waals surface area contributed by atoms with Crippen LogP contribution in [0.25, 0.3) is 33.5 Å². The van der Waals surface area contributed by atoms with Gasteiger partial charge in [0.25, 0.3) is 11.2 Å². The molecule has 0 saturated carbocycles. The smallest absolute Gasteiger partial charge is 0.282 e. The Balaban J connectivity index is 1.39. The molecule has 220 valence electrons. The monoisotopic (exact) mass is 736 g/mol. The van der Waals surface area contributed by atoms with Gasteiger partial charge in [-0.05, 0) is 92.0 Å². The van der Waals surface area contributed by atoms with Gasteiger partial charge in [0.15, 0.2) is 17.3 Å². The number of rotatable bonds is 8. The summed E-state index contributed by atoms with van der Waals surface area (Å²) in [6, 6.07) is 21.8. The molecular weight excluding hydrogens is 720 g/mol. The van der Waals surface area contributed by atoms with Gasteiger partial charge in [0, 0.05) is 32.6 Å². The van der Waals surface area contributed by atoms with Gasteiger partial charge in [-0.15, -0.1) is 0 Å². The van der Waals surface area contributed by atoms with Crippen molar-refractivity contribution in [1.82, 2.24) is 9.66 Å². The zero-order chi connectivity index (χ0) is 31.0. The molecule has 13 heteroatoms. The number of nitrogens with zero attached hydrogens (tertiary/aromatic N) is 4. The van der Waals surface area contributed by atoms with Crippen LogP contribution in [-0.4, -0.2) is 27.9 Å². The highest BCUT2D eigenvalue weighted by molar-refractivity contribution is 9.13. The average Bonchev–Trinajstić information content (AvgIpc) is 3.45. The molecule has 2 heterocycles. The van der Waals surface area contributed by atoms with Gasteiger partial charge in [0.1, 0.15) is 12.2 Å². The molecule has 0 saturated heterocycles. The summed E-state index contributed by atoms with van der Waals surface area (Å²) in [5, 5.41) is 17.2. The van der Waals surface area contributed by atoms with E-state index >= 15 is 0 Å². The van der Waals surface area contributed by atoms with E-state index < -0.39 is 4.92 Å². The van der Waals surface area contributed by atoms with Gasteiger partial charge in [0.05, 0.1) is 33.6 Å². The van der Waals surface area contributed by atoms with Crippen LogP contribution in [0.3, 0.4) is 0 Å². The fourth-order valence-corrected chi connectivity index (χ4v) is 5.61. The second-order valence-corrected chi connectivity index (χ2v) is 11.5. The van der Waals surface area contributed by atoms with Crippen molar-refractivity contribution in [3.05, 3.63) is 124 Å². The van der Waals surface area contributed by atoms with Crippen LogP contribution in [0, 0.1) is 10.1 Å². The van der Waals surface area contributed by atoms with E-state index in [0.29, 0.717) is 53.3 Å². The molecule has 0 N–H and O–H groups in total. The second kappa shape index (κ2) is 12.2. The summed E-state index contributed by atoms with van der Waals surface area (Å²) < 4.78 is 20.0. The van der Waals surface area contributed by atoms with Crippen LogP contribution in [0.15, 0.2) is 102 Å². The van der Waals surface area contributed by atoms with Gasteiger partial charge in [-0.1, -0.05) is 23.7 Å². The van der Waals surface area contributed by atoms with Crippen LogP contribution >= 0.6 is 43.5 Å². The molecule has 44 heavy (non-hydrogen) atoms. The van der Waals surface area contributed by atoms with E-state index in [2.05, 4.69) is 37.0 Å². The summed E-state index contributed by atoms with van der Waals surface area (Å²) in [4.78, 5) is 28.9. The number of nitro benzene ring substituents is 1. The first-order chi connectivity index (χ1) is 21.2. The number of aromatic nitrogens is 2. The average molecular weight is 739 g/mol. The topological polar surface area (TPSA) is 122 Å². The molecular formula is C31H19Br2ClN4O6. The number of benzene rings is 4. The second-order valence-electron chi connectivity index (χ2n) is 9.44. The third-order valence-corrected chi connectivity index (χ3v) is 9.05. The zero-order valence-electron chi connectivity index (χ0n) is 22.7. The number of ether oxygens (including phenoxy) is 2. The van der Waals surface area contributed by atoms with E-state index in [4.69, 9.17) is 30.5 Å².